The second-order valence-corrected chi connectivity index (χ2v) is 6.04. The Balaban J connectivity index is 2.91. The monoisotopic (exact) mass is 314 g/mol. The van der Waals surface area contributed by atoms with Gasteiger partial charge in [-0.05, 0) is 90.9 Å². The second kappa shape index (κ2) is 20.8. The molecule has 0 saturated heterocycles. The highest BCUT2D eigenvalue weighted by molar-refractivity contribution is 4.54. The van der Waals surface area contributed by atoms with Gasteiger partial charge in [-0.1, -0.05) is 26.7 Å². The average molecular weight is 315 g/mol. The summed E-state index contributed by atoms with van der Waals surface area (Å²) in [7, 11) is 0. The highest BCUT2D eigenvalue weighted by atomic mass is 14.9. The second-order valence-electron chi connectivity index (χ2n) is 6.04. The van der Waals surface area contributed by atoms with E-state index in [-0.39, 0.29) is 0 Å². The molecule has 0 aromatic rings. The maximum atomic E-state index is 3.55. The molecule has 0 aliphatic carbocycles. The zero-order chi connectivity index (χ0) is 16.1. The molecule has 22 heavy (non-hydrogen) atoms. The van der Waals surface area contributed by atoms with E-state index in [0.29, 0.717) is 0 Å². The van der Waals surface area contributed by atoms with Crippen LogP contribution in [0.4, 0.5) is 0 Å². The quantitative estimate of drug-likeness (QED) is 0.277. The van der Waals surface area contributed by atoms with Gasteiger partial charge in [0.2, 0.25) is 0 Å². The number of hydrogen-bond acceptors (Lipinski definition) is 4. The first kappa shape index (κ1) is 21.8. The lowest BCUT2D eigenvalue weighted by molar-refractivity contribution is 0.538. The average Bonchev–Trinajstić information content (AvgIpc) is 2.54. The maximum absolute atomic E-state index is 3.55. The molecule has 0 atom stereocenters. The standard InChI is InChI=1S/C18H42N4/c1-3-19-13-9-11-17-21-15-7-5-6-8-16-22-18-12-10-14-20-4-2/h19-22H,3-18H2,1-2H3. The van der Waals surface area contributed by atoms with E-state index in [2.05, 4.69) is 35.1 Å². The maximum Gasteiger partial charge on any atom is -0.00484 e. The van der Waals surface area contributed by atoms with Crippen LogP contribution in [0.5, 0.6) is 0 Å². The molecule has 134 valence electrons. The fraction of sp³-hybridized carbons (Fsp3) is 1.00. The molecule has 0 radical (unpaired) electrons. The zero-order valence-electron chi connectivity index (χ0n) is 15.3. The van der Waals surface area contributed by atoms with Crippen molar-refractivity contribution in [3.05, 3.63) is 0 Å². The molecule has 0 unspecified atom stereocenters. The SMILES string of the molecule is CCNCCCCNCCCCCCNCCCCNCC. The molecule has 0 aliphatic heterocycles. The normalized spacial score (nSPS) is 11.2. The Morgan fingerprint density at radius 3 is 0.955 bits per heavy atom. The first-order valence-electron chi connectivity index (χ1n) is 9.74. The Labute approximate surface area is 139 Å². The molecular weight excluding hydrogens is 272 g/mol. The van der Waals surface area contributed by atoms with Gasteiger partial charge in [-0.15, -0.1) is 0 Å². The van der Waals surface area contributed by atoms with E-state index >= 15 is 0 Å². The summed E-state index contributed by atoms with van der Waals surface area (Å²) in [5.74, 6) is 0. The first-order chi connectivity index (χ1) is 10.9. The molecule has 0 amide bonds. The summed E-state index contributed by atoms with van der Waals surface area (Å²) in [6.45, 7) is 13.6. The van der Waals surface area contributed by atoms with E-state index in [9.17, 15) is 0 Å². The van der Waals surface area contributed by atoms with E-state index in [1.54, 1.807) is 0 Å². The van der Waals surface area contributed by atoms with Gasteiger partial charge in [-0.3, -0.25) is 0 Å². The van der Waals surface area contributed by atoms with Crippen molar-refractivity contribution in [2.24, 2.45) is 0 Å². The van der Waals surface area contributed by atoms with E-state index in [1.165, 1.54) is 90.6 Å². The summed E-state index contributed by atoms with van der Waals surface area (Å²) in [6.07, 6.45) is 10.6. The van der Waals surface area contributed by atoms with Crippen LogP contribution < -0.4 is 21.3 Å². The van der Waals surface area contributed by atoms with E-state index in [1.807, 2.05) is 0 Å². The molecule has 0 aliphatic rings. The van der Waals surface area contributed by atoms with Crippen LogP contribution in [-0.2, 0) is 0 Å². The highest BCUT2D eigenvalue weighted by Crippen LogP contribution is 1.98. The molecule has 0 saturated carbocycles. The van der Waals surface area contributed by atoms with Crippen molar-refractivity contribution in [1.29, 1.82) is 0 Å². The summed E-state index contributed by atoms with van der Waals surface area (Å²) in [4.78, 5) is 0. The molecule has 0 bridgehead atoms. The molecule has 0 aromatic carbocycles. The van der Waals surface area contributed by atoms with Gasteiger partial charge in [-0.25, -0.2) is 0 Å². The smallest absolute Gasteiger partial charge is 0.00484 e. The first-order valence-corrected chi connectivity index (χ1v) is 9.74. The third-order valence-electron chi connectivity index (χ3n) is 3.87. The lowest BCUT2D eigenvalue weighted by atomic mass is 10.2. The summed E-state index contributed by atoms with van der Waals surface area (Å²) in [5, 5.41) is 13.8. The van der Waals surface area contributed by atoms with Gasteiger partial charge >= 0.3 is 0 Å². The Morgan fingerprint density at radius 2 is 0.636 bits per heavy atom. The number of hydrogen-bond donors (Lipinski definition) is 4. The Bertz CT molecular complexity index is 168. The predicted molar refractivity (Wildman–Crippen MR) is 99.8 cm³/mol. The predicted octanol–water partition coefficient (Wildman–Crippen LogP) is 2.51. The van der Waals surface area contributed by atoms with E-state index in [4.69, 9.17) is 0 Å². The van der Waals surface area contributed by atoms with Gasteiger partial charge in [0.15, 0.2) is 0 Å². The van der Waals surface area contributed by atoms with Crippen LogP contribution in [0.3, 0.4) is 0 Å². The van der Waals surface area contributed by atoms with Gasteiger partial charge in [0.05, 0.1) is 0 Å². The summed E-state index contributed by atoms with van der Waals surface area (Å²) in [5.41, 5.74) is 0. The summed E-state index contributed by atoms with van der Waals surface area (Å²) >= 11 is 0. The number of nitrogens with one attached hydrogen (secondary N) is 4. The summed E-state index contributed by atoms with van der Waals surface area (Å²) < 4.78 is 0. The largest absolute Gasteiger partial charge is 0.317 e. The van der Waals surface area contributed by atoms with Crippen LogP contribution in [-0.4, -0.2) is 52.4 Å². The number of unbranched alkanes of at least 4 members (excludes halogenated alkanes) is 5. The van der Waals surface area contributed by atoms with Crippen molar-refractivity contribution in [3.63, 3.8) is 0 Å². The van der Waals surface area contributed by atoms with Crippen LogP contribution in [0.25, 0.3) is 0 Å². The minimum atomic E-state index is 1.10. The molecule has 0 heterocycles. The Hall–Kier alpha value is -0.160. The molecule has 4 heteroatoms. The van der Waals surface area contributed by atoms with Crippen LogP contribution in [0, 0.1) is 0 Å². The summed E-state index contributed by atoms with van der Waals surface area (Å²) in [6, 6.07) is 0. The highest BCUT2D eigenvalue weighted by Gasteiger charge is 1.93. The topological polar surface area (TPSA) is 48.1 Å². The van der Waals surface area contributed by atoms with Crippen LogP contribution >= 0.6 is 0 Å². The van der Waals surface area contributed by atoms with Crippen LogP contribution in [0.2, 0.25) is 0 Å². The molecule has 4 nitrogen and oxygen atoms in total. The fourth-order valence-corrected chi connectivity index (χ4v) is 2.46. The van der Waals surface area contributed by atoms with E-state index in [0.717, 1.165) is 13.1 Å². The van der Waals surface area contributed by atoms with Crippen molar-refractivity contribution in [1.82, 2.24) is 21.3 Å². The minimum absolute atomic E-state index is 1.10. The van der Waals surface area contributed by atoms with Crippen molar-refractivity contribution in [3.8, 4) is 0 Å². The minimum Gasteiger partial charge on any atom is -0.317 e. The molecular formula is C18H42N4. The van der Waals surface area contributed by atoms with Gasteiger partial charge in [0.1, 0.15) is 0 Å². The van der Waals surface area contributed by atoms with Gasteiger partial charge in [0.25, 0.3) is 0 Å². The number of rotatable bonds is 19. The Morgan fingerprint density at radius 1 is 0.364 bits per heavy atom. The van der Waals surface area contributed by atoms with Crippen molar-refractivity contribution >= 4 is 0 Å². The third-order valence-corrected chi connectivity index (χ3v) is 3.87. The Kier molecular flexibility index (Phi) is 20.7. The third kappa shape index (κ3) is 19.8. The van der Waals surface area contributed by atoms with Crippen LogP contribution in [0.1, 0.15) is 65.2 Å². The van der Waals surface area contributed by atoms with Crippen LogP contribution in [0.15, 0.2) is 0 Å². The molecule has 0 aromatic heterocycles. The molecule has 4 N–H and O–H groups in total. The lowest BCUT2D eigenvalue weighted by Crippen LogP contribution is -2.20. The van der Waals surface area contributed by atoms with Crippen molar-refractivity contribution in [2.75, 3.05) is 52.4 Å². The van der Waals surface area contributed by atoms with Crippen molar-refractivity contribution in [2.45, 2.75) is 65.2 Å². The van der Waals surface area contributed by atoms with E-state index < -0.39 is 0 Å². The van der Waals surface area contributed by atoms with Gasteiger partial charge in [-0.2, -0.15) is 0 Å². The fourth-order valence-electron chi connectivity index (χ4n) is 2.46. The zero-order valence-corrected chi connectivity index (χ0v) is 15.3. The van der Waals surface area contributed by atoms with Crippen molar-refractivity contribution < 1.29 is 0 Å². The molecule has 0 rings (SSSR count). The lowest BCUT2D eigenvalue weighted by Gasteiger charge is -2.06. The van der Waals surface area contributed by atoms with Gasteiger partial charge in [0, 0.05) is 0 Å². The molecule has 0 fully saturated rings. The molecule has 0 spiro atoms. The van der Waals surface area contributed by atoms with Gasteiger partial charge < -0.3 is 21.3 Å².